The Morgan fingerprint density at radius 3 is 2.39 bits per heavy atom. The maximum Gasteiger partial charge on any atom is 0.224 e. The quantitative estimate of drug-likeness (QED) is 0.344. The maximum absolute atomic E-state index is 11.5. The third kappa shape index (κ3) is 11.2. The van der Waals surface area contributed by atoms with E-state index < -0.39 is 0 Å². The van der Waals surface area contributed by atoms with Crippen LogP contribution in [-0.4, -0.2) is 13.0 Å². The van der Waals surface area contributed by atoms with E-state index in [0.717, 1.165) is 12.8 Å². The Morgan fingerprint density at radius 1 is 1.17 bits per heavy atom. The van der Waals surface area contributed by atoms with Gasteiger partial charge in [-0.25, -0.2) is 0 Å². The highest BCUT2D eigenvalue weighted by molar-refractivity contribution is 5.78. The van der Waals surface area contributed by atoms with Crippen molar-refractivity contribution in [2.24, 2.45) is 0 Å². The monoisotopic (exact) mass is 253 g/mol. The average molecular weight is 253 g/mol. The fraction of sp³-hybridized carbons (Fsp3) is 0.667. The number of hydrogen-bond donors (Lipinski definition) is 1. The SMILES string of the molecule is C=C(/C=C\OC)NC(=O)CCCCCCCCC. The molecule has 0 saturated carbocycles. The van der Waals surface area contributed by atoms with Crippen molar-refractivity contribution in [2.45, 2.75) is 58.3 Å². The van der Waals surface area contributed by atoms with Crippen LogP contribution in [0.1, 0.15) is 58.3 Å². The smallest absolute Gasteiger partial charge is 0.224 e. The molecule has 0 aliphatic rings. The van der Waals surface area contributed by atoms with Crippen molar-refractivity contribution in [1.29, 1.82) is 0 Å². The largest absolute Gasteiger partial charge is 0.504 e. The van der Waals surface area contributed by atoms with Crippen LogP contribution in [0.25, 0.3) is 0 Å². The van der Waals surface area contributed by atoms with Crippen molar-refractivity contribution < 1.29 is 9.53 Å². The minimum atomic E-state index is 0.0364. The molecule has 0 aromatic rings. The van der Waals surface area contributed by atoms with E-state index in [1.807, 2.05) is 0 Å². The van der Waals surface area contributed by atoms with Crippen LogP contribution in [0.2, 0.25) is 0 Å². The molecule has 0 unspecified atom stereocenters. The van der Waals surface area contributed by atoms with Crippen LogP contribution < -0.4 is 5.32 Å². The summed E-state index contributed by atoms with van der Waals surface area (Å²) < 4.78 is 4.75. The third-order valence-corrected chi connectivity index (χ3v) is 2.71. The predicted octanol–water partition coefficient (Wildman–Crippen LogP) is 3.92. The second kappa shape index (κ2) is 12.2. The van der Waals surface area contributed by atoms with Gasteiger partial charge in [0.25, 0.3) is 0 Å². The van der Waals surface area contributed by atoms with E-state index in [4.69, 9.17) is 4.74 Å². The number of ether oxygens (including phenoxy) is 1. The standard InChI is InChI=1S/C15H27NO2/c1-4-5-6-7-8-9-10-11-15(17)16-14(2)12-13-18-3/h12-13H,2,4-11H2,1,3H3,(H,16,17)/b13-12-. The minimum Gasteiger partial charge on any atom is -0.504 e. The summed E-state index contributed by atoms with van der Waals surface area (Å²) in [5, 5.41) is 2.73. The number of allylic oxidation sites excluding steroid dienone is 1. The van der Waals surface area contributed by atoms with Gasteiger partial charge in [-0.1, -0.05) is 52.0 Å². The van der Waals surface area contributed by atoms with Gasteiger partial charge in [0, 0.05) is 12.1 Å². The number of methoxy groups -OCH3 is 1. The van der Waals surface area contributed by atoms with Gasteiger partial charge in [-0.15, -0.1) is 0 Å². The van der Waals surface area contributed by atoms with Gasteiger partial charge in [0.05, 0.1) is 13.4 Å². The van der Waals surface area contributed by atoms with E-state index in [2.05, 4.69) is 18.8 Å². The molecule has 0 fully saturated rings. The van der Waals surface area contributed by atoms with Crippen molar-refractivity contribution in [3.05, 3.63) is 24.6 Å². The number of carbonyl (C=O) groups is 1. The summed E-state index contributed by atoms with van der Waals surface area (Å²) in [4.78, 5) is 11.5. The van der Waals surface area contributed by atoms with Crippen LogP contribution in [-0.2, 0) is 9.53 Å². The second-order valence-corrected chi connectivity index (χ2v) is 4.48. The molecular formula is C15H27NO2. The minimum absolute atomic E-state index is 0.0364. The van der Waals surface area contributed by atoms with Crippen molar-refractivity contribution >= 4 is 5.91 Å². The normalized spacial score (nSPS) is 10.6. The molecule has 0 atom stereocenters. The summed E-state index contributed by atoms with van der Waals surface area (Å²) in [5.41, 5.74) is 0.574. The van der Waals surface area contributed by atoms with E-state index in [0.29, 0.717) is 12.1 Å². The number of carbonyl (C=O) groups excluding carboxylic acids is 1. The van der Waals surface area contributed by atoms with Crippen LogP contribution in [0, 0.1) is 0 Å². The molecule has 0 aromatic carbocycles. The summed E-state index contributed by atoms with van der Waals surface area (Å²) in [7, 11) is 1.56. The Kier molecular flexibility index (Phi) is 11.4. The molecule has 104 valence electrons. The maximum atomic E-state index is 11.5. The first-order valence-corrected chi connectivity index (χ1v) is 6.88. The van der Waals surface area contributed by atoms with Crippen LogP contribution in [0.3, 0.4) is 0 Å². The lowest BCUT2D eigenvalue weighted by Gasteiger charge is -2.04. The second-order valence-electron chi connectivity index (χ2n) is 4.48. The molecule has 0 aliphatic heterocycles. The molecule has 0 rings (SSSR count). The van der Waals surface area contributed by atoms with Gasteiger partial charge in [-0.3, -0.25) is 4.79 Å². The van der Waals surface area contributed by atoms with E-state index in [1.165, 1.54) is 38.4 Å². The Balaban J connectivity index is 3.42. The van der Waals surface area contributed by atoms with Gasteiger partial charge < -0.3 is 10.1 Å². The van der Waals surface area contributed by atoms with E-state index >= 15 is 0 Å². The molecule has 0 radical (unpaired) electrons. The molecule has 0 aliphatic carbocycles. The zero-order chi connectivity index (χ0) is 13.6. The van der Waals surface area contributed by atoms with Crippen molar-refractivity contribution in [1.82, 2.24) is 5.32 Å². The fourth-order valence-electron chi connectivity index (χ4n) is 1.68. The van der Waals surface area contributed by atoms with Crippen LogP contribution >= 0.6 is 0 Å². The molecule has 0 heterocycles. The third-order valence-electron chi connectivity index (χ3n) is 2.71. The average Bonchev–Trinajstić information content (AvgIpc) is 2.35. The molecule has 1 N–H and O–H groups in total. The summed E-state index contributed by atoms with van der Waals surface area (Å²) in [5.74, 6) is 0.0364. The molecule has 3 heteroatoms. The molecule has 18 heavy (non-hydrogen) atoms. The zero-order valence-electron chi connectivity index (χ0n) is 11.8. The first kappa shape index (κ1) is 16.8. The number of nitrogens with one attached hydrogen (secondary N) is 1. The van der Waals surface area contributed by atoms with E-state index in [9.17, 15) is 4.79 Å². The molecule has 0 spiro atoms. The van der Waals surface area contributed by atoms with Gasteiger partial charge in [0.15, 0.2) is 0 Å². The lowest BCUT2D eigenvalue weighted by molar-refractivity contribution is -0.120. The lowest BCUT2D eigenvalue weighted by atomic mass is 10.1. The lowest BCUT2D eigenvalue weighted by Crippen LogP contribution is -2.20. The number of amides is 1. The number of unbranched alkanes of at least 4 members (excludes halogenated alkanes) is 6. The summed E-state index contributed by atoms with van der Waals surface area (Å²) >= 11 is 0. The van der Waals surface area contributed by atoms with E-state index in [-0.39, 0.29) is 5.91 Å². The first-order chi connectivity index (χ1) is 8.70. The summed E-state index contributed by atoms with van der Waals surface area (Å²) in [6.45, 7) is 5.93. The molecule has 0 bridgehead atoms. The molecular weight excluding hydrogens is 226 g/mol. The van der Waals surface area contributed by atoms with Crippen molar-refractivity contribution in [2.75, 3.05) is 7.11 Å². The van der Waals surface area contributed by atoms with Crippen LogP contribution in [0.4, 0.5) is 0 Å². The highest BCUT2D eigenvalue weighted by Crippen LogP contribution is 2.08. The highest BCUT2D eigenvalue weighted by Gasteiger charge is 2.01. The first-order valence-electron chi connectivity index (χ1n) is 6.88. The number of hydrogen-bond acceptors (Lipinski definition) is 2. The Bertz CT molecular complexity index is 259. The fourth-order valence-corrected chi connectivity index (χ4v) is 1.68. The van der Waals surface area contributed by atoms with Gasteiger partial charge in [-0.2, -0.15) is 0 Å². The van der Waals surface area contributed by atoms with E-state index in [1.54, 1.807) is 13.2 Å². The summed E-state index contributed by atoms with van der Waals surface area (Å²) in [6.07, 6.45) is 12.3. The highest BCUT2D eigenvalue weighted by atomic mass is 16.5. The van der Waals surface area contributed by atoms with Gasteiger partial charge in [0.1, 0.15) is 0 Å². The topological polar surface area (TPSA) is 38.3 Å². The van der Waals surface area contributed by atoms with Crippen LogP contribution in [0.5, 0.6) is 0 Å². The molecule has 0 saturated heterocycles. The molecule has 0 aromatic heterocycles. The van der Waals surface area contributed by atoms with Crippen molar-refractivity contribution in [3.63, 3.8) is 0 Å². The van der Waals surface area contributed by atoms with Crippen molar-refractivity contribution in [3.8, 4) is 0 Å². The predicted molar refractivity (Wildman–Crippen MR) is 76.0 cm³/mol. The van der Waals surface area contributed by atoms with Gasteiger partial charge in [-0.05, 0) is 12.5 Å². The zero-order valence-corrected chi connectivity index (χ0v) is 11.8. The number of rotatable bonds is 11. The molecule has 1 amide bonds. The van der Waals surface area contributed by atoms with Gasteiger partial charge in [0.2, 0.25) is 5.91 Å². The van der Waals surface area contributed by atoms with Crippen LogP contribution in [0.15, 0.2) is 24.6 Å². The summed E-state index contributed by atoms with van der Waals surface area (Å²) in [6, 6.07) is 0. The Hall–Kier alpha value is -1.25. The molecule has 3 nitrogen and oxygen atoms in total. The van der Waals surface area contributed by atoms with Gasteiger partial charge >= 0.3 is 0 Å². The Morgan fingerprint density at radius 2 is 1.78 bits per heavy atom. The Labute approximate surface area is 111 Å².